The van der Waals surface area contributed by atoms with E-state index in [-0.39, 0.29) is 25.0 Å². The van der Waals surface area contributed by atoms with E-state index in [9.17, 15) is 14.7 Å². The number of amides is 2. The molecule has 1 unspecified atom stereocenters. The third kappa shape index (κ3) is 7.41. The lowest BCUT2D eigenvalue weighted by Gasteiger charge is -2.37. The van der Waals surface area contributed by atoms with E-state index in [0.717, 1.165) is 87.8 Å². The number of dihydropyridines is 1. The van der Waals surface area contributed by atoms with E-state index in [0.29, 0.717) is 22.9 Å². The maximum atomic E-state index is 13.8. The highest BCUT2D eigenvalue weighted by molar-refractivity contribution is 6.06. The molecule has 43 heavy (non-hydrogen) atoms. The van der Waals surface area contributed by atoms with Gasteiger partial charge in [0.1, 0.15) is 0 Å². The topological polar surface area (TPSA) is 104 Å². The second-order valence-corrected chi connectivity index (χ2v) is 11.6. The number of nitrogens with one attached hydrogen (secondary N) is 1. The summed E-state index contributed by atoms with van der Waals surface area (Å²) >= 11 is 0. The van der Waals surface area contributed by atoms with Gasteiger partial charge in [0, 0.05) is 68.9 Å². The van der Waals surface area contributed by atoms with Crippen molar-refractivity contribution in [2.75, 3.05) is 64.1 Å². The van der Waals surface area contributed by atoms with Crippen LogP contribution in [0, 0.1) is 12.8 Å². The number of benzene rings is 2. The van der Waals surface area contributed by atoms with Crippen molar-refractivity contribution in [1.29, 1.82) is 0 Å². The summed E-state index contributed by atoms with van der Waals surface area (Å²) in [6.45, 7) is 12.3. The van der Waals surface area contributed by atoms with Crippen LogP contribution in [0.1, 0.15) is 48.2 Å². The van der Waals surface area contributed by atoms with Crippen LogP contribution < -0.4 is 10.2 Å². The minimum absolute atomic E-state index is 0.0769. The summed E-state index contributed by atoms with van der Waals surface area (Å²) in [5.41, 5.74) is 6.91. The molecule has 0 aromatic heterocycles. The maximum Gasteiger partial charge on any atom is 0.254 e. The number of hydrogen-bond acceptors (Lipinski definition) is 7. The van der Waals surface area contributed by atoms with Crippen molar-refractivity contribution >= 4 is 23.2 Å². The zero-order chi connectivity index (χ0) is 30.3. The Morgan fingerprint density at radius 2 is 1.74 bits per heavy atom. The predicted molar refractivity (Wildman–Crippen MR) is 169 cm³/mol. The van der Waals surface area contributed by atoms with Crippen LogP contribution in [0.3, 0.4) is 0 Å². The lowest BCUT2D eigenvalue weighted by atomic mass is 9.93. The van der Waals surface area contributed by atoms with E-state index >= 15 is 0 Å². The molecule has 0 radical (unpaired) electrons. The van der Waals surface area contributed by atoms with Gasteiger partial charge in [-0.05, 0) is 79.6 Å². The zero-order valence-corrected chi connectivity index (χ0v) is 25.6. The molecule has 3 heterocycles. The lowest BCUT2D eigenvalue weighted by molar-refractivity contribution is -0.120. The minimum Gasteiger partial charge on any atom is -0.392 e. The fourth-order valence-electron chi connectivity index (χ4n) is 6.32. The van der Waals surface area contributed by atoms with Gasteiger partial charge in [-0.25, -0.2) is 4.99 Å². The van der Waals surface area contributed by atoms with Gasteiger partial charge in [0.2, 0.25) is 0 Å². The van der Waals surface area contributed by atoms with Crippen LogP contribution in [-0.4, -0.2) is 92.8 Å². The molecule has 2 amide bonds. The van der Waals surface area contributed by atoms with Gasteiger partial charge in [-0.2, -0.15) is 0 Å². The van der Waals surface area contributed by atoms with E-state index in [1.165, 1.54) is 5.56 Å². The van der Waals surface area contributed by atoms with Crippen molar-refractivity contribution in [1.82, 2.24) is 10.2 Å². The number of hydrogen-bond donors (Lipinski definition) is 2. The normalized spacial score (nSPS) is 20.0. The highest BCUT2D eigenvalue weighted by atomic mass is 16.5. The minimum atomic E-state index is -0.672. The summed E-state index contributed by atoms with van der Waals surface area (Å²) in [5.74, 6) is -1.26. The molecule has 5 rings (SSSR count). The number of carbonyl (C=O) groups is 2. The fourth-order valence-corrected chi connectivity index (χ4v) is 6.32. The standard InChI is InChI=1S/C34H44N4O5/c1-4-38(29-9-13-42-14-10-29)32-19-27(26-7-5-25(6-8-26)21-37-11-15-43-16-12-37)18-30(24(32)3)33(40)35-20-31-28(22-39)17-23(2)36-34(31)41/h5-8,17-19,29,31,39H,4,9-16,20-22H2,1-3H3,(H,35,40). The Bertz CT molecular complexity index is 1360. The second kappa shape index (κ2) is 14.4. The Labute approximate surface area is 254 Å². The number of rotatable bonds is 10. The quantitative estimate of drug-likeness (QED) is 0.436. The van der Waals surface area contributed by atoms with Crippen molar-refractivity contribution in [3.8, 4) is 11.1 Å². The molecule has 9 heteroatoms. The zero-order valence-electron chi connectivity index (χ0n) is 25.6. The van der Waals surface area contributed by atoms with Crippen LogP contribution in [0.15, 0.2) is 53.0 Å². The van der Waals surface area contributed by atoms with Gasteiger partial charge >= 0.3 is 0 Å². The lowest BCUT2D eigenvalue weighted by Crippen LogP contribution is -2.40. The van der Waals surface area contributed by atoms with Gasteiger partial charge < -0.3 is 24.8 Å². The van der Waals surface area contributed by atoms with Gasteiger partial charge in [-0.15, -0.1) is 0 Å². The molecule has 9 nitrogen and oxygen atoms in total. The van der Waals surface area contributed by atoms with Crippen LogP contribution >= 0.6 is 0 Å². The summed E-state index contributed by atoms with van der Waals surface area (Å²) in [6.07, 6.45) is 3.60. The van der Waals surface area contributed by atoms with E-state index in [2.05, 4.69) is 57.4 Å². The largest absolute Gasteiger partial charge is 0.392 e. The van der Waals surface area contributed by atoms with Gasteiger partial charge in [0.15, 0.2) is 0 Å². The van der Waals surface area contributed by atoms with Crippen molar-refractivity contribution in [3.05, 3.63) is 64.7 Å². The summed E-state index contributed by atoms with van der Waals surface area (Å²) in [4.78, 5) is 35.2. The van der Waals surface area contributed by atoms with Gasteiger partial charge in [-0.3, -0.25) is 14.5 Å². The third-order valence-electron chi connectivity index (χ3n) is 8.78. The Morgan fingerprint density at radius 3 is 2.42 bits per heavy atom. The van der Waals surface area contributed by atoms with Crippen molar-refractivity contribution < 1.29 is 24.2 Å². The Kier molecular flexibility index (Phi) is 10.4. The smallest absolute Gasteiger partial charge is 0.254 e. The number of aliphatic hydroxyl groups excluding tert-OH is 1. The molecule has 3 aliphatic heterocycles. The highest BCUT2D eigenvalue weighted by Gasteiger charge is 2.28. The first kappa shape index (κ1) is 31.1. The molecule has 0 spiro atoms. The van der Waals surface area contributed by atoms with Crippen LogP contribution in [0.5, 0.6) is 0 Å². The van der Waals surface area contributed by atoms with Crippen molar-refractivity contribution in [3.63, 3.8) is 0 Å². The predicted octanol–water partition coefficient (Wildman–Crippen LogP) is 3.77. The Hall–Kier alpha value is -3.37. The first-order chi connectivity index (χ1) is 20.9. The van der Waals surface area contributed by atoms with Crippen LogP contribution in [-0.2, 0) is 20.8 Å². The molecule has 1 atom stereocenters. The fraction of sp³-hybridized carbons (Fsp3) is 0.500. The first-order valence-corrected chi connectivity index (χ1v) is 15.4. The molecular weight excluding hydrogens is 544 g/mol. The summed E-state index contributed by atoms with van der Waals surface area (Å²) in [5, 5.41) is 12.8. The number of anilines is 1. The molecule has 0 saturated carbocycles. The van der Waals surface area contributed by atoms with E-state index in [1.807, 2.05) is 13.0 Å². The number of aliphatic imine (C=N–C) groups is 1. The van der Waals surface area contributed by atoms with Gasteiger partial charge in [-0.1, -0.05) is 24.3 Å². The third-order valence-corrected chi connectivity index (χ3v) is 8.78. The van der Waals surface area contributed by atoms with E-state index < -0.39 is 5.92 Å². The Morgan fingerprint density at radius 1 is 1.05 bits per heavy atom. The molecule has 0 aliphatic carbocycles. The molecule has 2 fully saturated rings. The Balaban J connectivity index is 1.44. The average Bonchev–Trinajstić information content (AvgIpc) is 3.02. The molecule has 2 saturated heterocycles. The molecule has 0 bridgehead atoms. The molecule has 2 aromatic rings. The number of carbonyl (C=O) groups excluding carboxylic acids is 2. The number of nitrogens with zero attached hydrogens (tertiary/aromatic N) is 3. The first-order valence-electron chi connectivity index (χ1n) is 15.4. The highest BCUT2D eigenvalue weighted by Crippen LogP contribution is 2.34. The van der Waals surface area contributed by atoms with Crippen LogP contribution in [0.4, 0.5) is 5.69 Å². The van der Waals surface area contributed by atoms with Crippen molar-refractivity contribution in [2.24, 2.45) is 10.9 Å². The monoisotopic (exact) mass is 588 g/mol. The SMILES string of the molecule is CCN(c1cc(-c2ccc(CN3CCOCC3)cc2)cc(C(=O)NCC2C(=O)N=C(C)C=C2CO)c1C)C1CCOCC1. The number of morpholine rings is 1. The second-order valence-electron chi connectivity index (χ2n) is 11.6. The van der Waals surface area contributed by atoms with Crippen LogP contribution in [0.2, 0.25) is 0 Å². The summed E-state index contributed by atoms with van der Waals surface area (Å²) < 4.78 is 11.1. The van der Waals surface area contributed by atoms with Gasteiger partial charge in [0.25, 0.3) is 11.8 Å². The van der Waals surface area contributed by atoms with Crippen molar-refractivity contribution in [2.45, 2.75) is 46.2 Å². The average molecular weight is 589 g/mol. The number of aliphatic hydroxyl groups is 1. The molecule has 2 aromatic carbocycles. The maximum absolute atomic E-state index is 13.8. The van der Waals surface area contributed by atoms with E-state index in [1.54, 1.807) is 13.0 Å². The van der Waals surface area contributed by atoms with Gasteiger partial charge in [0.05, 0.1) is 25.7 Å². The van der Waals surface area contributed by atoms with E-state index in [4.69, 9.17) is 9.47 Å². The molecule has 230 valence electrons. The summed E-state index contributed by atoms with van der Waals surface area (Å²) in [7, 11) is 0. The molecule has 3 aliphatic rings. The summed E-state index contributed by atoms with van der Waals surface area (Å²) in [6, 6.07) is 13.1. The molecular formula is C34H44N4O5. The molecule has 2 N–H and O–H groups in total. The number of ether oxygens (including phenoxy) is 2. The number of allylic oxidation sites excluding steroid dienone is 1. The van der Waals surface area contributed by atoms with Crippen LogP contribution in [0.25, 0.3) is 11.1 Å².